The molecule has 14 heavy (non-hydrogen) atoms. The lowest BCUT2D eigenvalue weighted by atomic mass is 10.3. The number of halogens is 1. The van der Waals surface area contributed by atoms with Gasteiger partial charge in [0.2, 0.25) is 0 Å². The minimum Gasteiger partial charge on any atom is -0.449 e. The van der Waals surface area contributed by atoms with Crippen LogP contribution in [0.1, 0.15) is 6.92 Å². The Bertz CT molecular complexity index is 317. The first-order chi connectivity index (χ1) is 6.74. The highest BCUT2D eigenvalue weighted by Crippen LogP contribution is 2.19. The van der Waals surface area contributed by atoms with Crippen LogP contribution in [0.25, 0.3) is 0 Å². The fourth-order valence-electron chi connectivity index (χ4n) is 0.848. The summed E-state index contributed by atoms with van der Waals surface area (Å²) in [6.07, 6.45) is -0.497. The van der Waals surface area contributed by atoms with E-state index in [1.54, 1.807) is 6.92 Å². The molecule has 0 saturated carbocycles. The van der Waals surface area contributed by atoms with Gasteiger partial charge < -0.3 is 4.74 Å². The second kappa shape index (κ2) is 5.49. The van der Waals surface area contributed by atoms with Crippen molar-refractivity contribution < 1.29 is 9.53 Å². The molecule has 0 aliphatic carbocycles. The summed E-state index contributed by atoms with van der Waals surface area (Å²) in [5.74, 6) is 0. The molecule has 2 N–H and O–H groups in total. The molecule has 1 rings (SSSR count). The molecule has 0 radical (unpaired) electrons. The van der Waals surface area contributed by atoms with E-state index in [9.17, 15) is 4.79 Å². The lowest BCUT2D eigenvalue weighted by Gasteiger charge is -2.09. The van der Waals surface area contributed by atoms with Crippen LogP contribution < -0.4 is 10.9 Å². The van der Waals surface area contributed by atoms with E-state index in [0.29, 0.717) is 6.61 Å². The standard InChI is InChI=1S/C9H11BrN2O2/c1-2-14-9(13)12-11-8-6-4-3-5-7(8)10/h3-6,11H,2H2,1H3,(H,12,13). The van der Waals surface area contributed by atoms with Crippen molar-refractivity contribution >= 4 is 27.7 Å². The first-order valence-corrected chi connectivity index (χ1v) is 4.96. The number of amides is 1. The van der Waals surface area contributed by atoms with E-state index in [1.807, 2.05) is 24.3 Å². The molecule has 1 aromatic carbocycles. The van der Waals surface area contributed by atoms with Crippen LogP contribution in [0.15, 0.2) is 28.7 Å². The van der Waals surface area contributed by atoms with Gasteiger partial charge in [-0.3, -0.25) is 5.43 Å². The third-order valence-electron chi connectivity index (χ3n) is 1.45. The maximum atomic E-state index is 10.9. The predicted molar refractivity (Wildman–Crippen MR) is 57.9 cm³/mol. The van der Waals surface area contributed by atoms with Gasteiger partial charge in [0.1, 0.15) is 0 Å². The van der Waals surface area contributed by atoms with Gasteiger partial charge in [-0.05, 0) is 35.0 Å². The summed E-state index contributed by atoms with van der Waals surface area (Å²) in [5, 5.41) is 0. The van der Waals surface area contributed by atoms with Gasteiger partial charge in [-0.15, -0.1) is 0 Å². The Morgan fingerprint density at radius 1 is 1.50 bits per heavy atom. The maximum Gasteiger partial charge on any atom is 0.425 e. The Morgan fingerprint density at radius 2 is 2.21 bits per heavy atom. The molecule has 1 amide bonds. The predicted octanol–water partition coefficient (Wildman–Crippen LogP) is 2.52. The Morgan fingerprint density at radius 3 is 2.86 bits per heavy atom. The molecule has 0 unspecified atom stereocenters. The number of carbonyl (C=O) groups is 1. The number of hydrogen-bond acceptors (Lipinski definition) is 3. The van der Waals surface area contributed by atoms with E-state index in [0.717, 1.165) is 10.2 Å². The van der Waals surface area contributed by atoms with Gasteiger partial charge in [0.15, 0.2) is 0 Å². The SMILES string of the molecule is CCOC(=O)NNc1ccccc1Br. The third kappa shape index (κ3) is 3.26. The van der Waals surface area contributed by atoms with Crippen LogP contribution in [0.3, 0.4) is 0 Å². The van der Waals surface area contributed by atoms with Crippen molar-refractivity contribution in [2.75, 3.05) is 12.0 Å². The van der Waals surface area contributed by atoms with Gasteiger partial charge in [-0.1, -0.05) is 12.1 Å². The highest BCUT2D eigenvalue weighted by molar-refractivity contribution is 9.10. The summed E-state index contributed by atoms with van der Waals surface area (Å²) < 4.78 is 5.55. The van der Waals surface area contributed by atoms with Crippen LogP contribution in [0.5, 0.6) is 0 Å². The average Bonchev–Trinajstić information content (AvgIpc) is 2.17. The number of para-hydroxylation sites is 1. The van der Waals surface area contributed by atoms with E-state index in [2.05, 4.69) is 31.5 Å². The van der Waals surface area contributed by atoms with Crippen molar-refractivity contribution in [3.8, 4) is 0 Å². The Kier molecular flexibility index (Phi) is 4.25. The number of hydrogen-bond donors (Lipinski definition) is 2. The molecule has 0 bridgehead atoms. The molecule has 1 aromatic rings. The summed E-state index contributed by atoms with van der Waals surface area (Å²) >= 11 is 3.33. The van der Waals surface area contributed by atoms with Crippen molar-refractivity contribution in [3.05, 3.63) is 28.7 Å². The molecule has 4 nitrogen and oxygen atoms in total. The second-order valence-corrected chi connectivity index (χ2v) is 3.30. The van der Waals surface area contributed by atoms with Crippen LogP contribution in [0, 0.1) is 0 Å². The van der Waals surface area contributed by atoms with E-state index in [1.165, 1.54) is 0 Å². The first kappa shape index (κ1) is 10.8. The minimum absolute atomic E-state index is 0.351. The van der Waals surface area contributed by atoms with Gasteiger partial charge >= 0.3 is 6.09 Å². The molecule has 76 valence electrons. The molecule has 0 atom stereocenters. The summed E-state index contributed by atoms with van der Waals surface area (Å²) in [4.78, 5) is 10.9. The summed E-state index contributed by atoms with van der Waals surface area (Å²) in [7, 11) is 0. The molecule has 0 heterocycles. The van der Waals surface area contributed by atoms with Crippen molar-refractivity contribution in [1.29, 1.82) is 0 Å². The lowest BCUT2D eigenvalue weighted by molar-refractivity contribution is 0.154. The van der Waals surface area contributed by atoms with Crippen LogP contribution in [-0.2, 0) is 4.74 Å². The van der Waals surface area contributed by atoms with E-state index in [-0.39, 0.29) is 0 Å². The highest BCUT2D eigenvalue weighted by Gasteiger charge is 2.00. The van der Waals surface area contributed by atoms with Gasteiger partial charge in [-0.25, -0.2) is 10.2 Å². The first-order valence-electron chi connectivity index (χ1n) is 4.17. The number of nitrogens with one attached hydrogen (secondary N) is 2. The fourth-order valence-corrected chi connectivity index (χ4v) is 1.23. The van der Waals surface area contributed by atoms with Gasteiger partial charge in [-0.2, -0.15) is 0 Å². The van der Waals surface area contributed by atoms with E-state index >= 15 is 0 Å². The smallest absolute Gasteiger partial charge is 0.425 e. The number of ether oxygens (including phenoxy) is 1. The van der Waals surface area contributed by atoms with E-state index in [4.69, 9.17) is 0 Å². The van der Waals surface area contributed by atoms with Gasteiger partial charge in [0.25, 0.3) is 0 Å². The minimum atomic E-state index is -0.497. The summed E-state index contributed by atoms with van der Waals surface area (Å²) in [5.41, 5.74) is 5.90. The summed E-state index contributed by atoms with van der Waals surface area (Å²) in [6, 6.07) is 7.45. The Balaban J connectivity index is 2.46. The Hall–Kier alpha value is -1.23. The molecule has 0 fully saturated rings. The molecule has 0 aliphatic heterocycles. The number of carbonyl (C=O) groups excluding carboxylic acids is 1. The topological polar surface area (TPSA) is 50.4 Å². The van der Waals surface area contributed by atoms with Crippen LogP contribution >= 0.6 is 15.9 Å². The van der Waals surface area contributed by atoms with Crippen molar-refractivity contribution in [2.45, 2.75) is 6.92 Å². The fraction of sp³-hybridized carbons (Fsp3) is 0.222. The zero-order chi connectivity index (χ0) is 10.4. The number of rotatable bonds is 3. The van der Waals surface area contributed by atoms with Crippen molar-refractivity contribution in [3.63, 3.8) is 0 Å². The van der Waals surface area contributed by atoms with E-state index < -0.39 is 6.09 Å². The number of anilines is 1. The quantitative estimate of drug-likeness (QED) is 0.820. The molecule has 0 aromatic heterocycles. The molecular formula is C9H11BrN2O2. The Labute approximate surface area is 90.7 Å². The molecule has 0 saturated heterocycles. The molecular weight excluding hydrogens is 248 g/mol. The molecule has 0 spiro atoms. The average molecular weight is 259 g/mol. The van der Waals surface area contributed by atoms with Crippen molar-refractivity contribution in [1.82, 2.24) is 5.43 Å². The second-order valence-electron chi connectivity index (χ2n) is 2.45. The maximum absolute atomic E-state index is 10.9. The van der Waals surface area contributed by atoms with Crippen LogP contribution in [-0.4, -0.2) is 12.7 Å². The highest BCUT2D eigenvalue weighted by atomic mass is 79.9. The number of hydrazine groups is 1. The lowest BCUT2D eigenvalue weighted by Crippen LogP contribution is -2.30. The van der Waals surface area contributed by atoms with Crippen molar-refractivity contribution in [2.24, 2.45) is 0 Å². The van der Waals surface area contributed by atoms with Crippen LogP contribution in [0.2, 0.25) is 0 Å². The largest absolute Gasteiger partial charge is 0.449 e. The number of benzene rings is 1. The van der Waals surface area contributed by atoms with Gasteiger partial charge in [0.05, 0.1) is 12.3 Å². The van der Waals surface area contributed by atoms with Crippen LogP contribution in [0.4, 0.5) is 10.5 Å². The zero-order valence-electron chi connectivity index (χ0n) is 7.71. The molecule has 5 heteroatoms. The normalized spacial score (nSPS) is 9.29. The van der Waals surface area contributed by atoms with Gasteiger partial charge in [0, 0.05) is 4.47 Å². The third-order valence-corrected chi connectivity index (χ3v) is 2.14. The monoisotopic (exact) mass is 258 g/mol. The molecule has 0 aliphatic rings. The zero-order valence-corrected chi connectivity index (χ0v) is 9.30. The summed E-state index contributed by atoms with van der Waals surface area (Å²) in [6.45, 7) is 2.10.